The van der Waals surface area contributed by atoms with Gasteiger partial charge in [0, 0.05) is 29.7 Å². The zero-order valence-corrected chi connectivity index (χ0v) is 27.9. The van der Waals surface area contributed by atoms with Crippen molar-refractivity contribution in [1.82, 2.24) is 15.6 Å². The Hall–Kier alpha value is -5.47. The van der Waals surface area contributed by atoms with Crippen molar-refractivity contribution in [1.29, 1.82) is 0 Å². The van der Waals surface area contributed by atoms with Crippen molar-refractivity contribution < 1.29 is 33.5 Å². The lowest BCUT2D eigenvalue weighted by atomic mass is 9.99. The number of oxime groups is 1. The molecule has 0 unspecified atom stereocenters. The highest BCUT2D eigenvalue weighted by atomic mass is 32.1. The summed E-state index contributed by atoms with van der Waals surface area (Å²) in [5.41, 5.74) is 7.61. The van der Waals surface area contributed by atoms with E-state index in [0.717, 1.165) is 22.5 Å². The molecule has 2 aliphatic rings. The third kappa shape index (κ3) is 8.72. The van der Waals surface area contributed by atoms with Gasteiger partial charge in [-0.2, -0.15) is 0 Å². The summed E-state index contributed by atoms with van der Waals surface area (Å²) in [5.74, 6) is -1.97. The molecule has 5 rings (SSSR count). The maximum atomic E-state index is 14.0. The fraction of sp³-hybridized carbons (Fsp3) is 0.394. The first-order chi connectivity index (χ1) is 23.5. The number of hydrogen-bond acceptors (Lipinski definition) is 11. The summed E-state index contributed by atoms with van der Waals surface area (Å²) in [6.07, 6.45) is 0.381. The maximum Gasteiger partial charge on any atom is 0.413 e. The maximum absolute atomic E-state index is 14.0. The molecule has 3 amide bonds. The SMILES string of the molecule is CC(C)(C)OC(=O)Nc1nc(/C(=N/OC2(C(=O)OC(c3ccccc3)c3ccccc3)CCCC2)C(=O)N[C@@H]2C(=O)N[C@@H]2CN=[N+]=[N-])cs1. The standard InChI is InChI=1S/C33H36N8O7S/c1-32(2,3)47-31(45)39-30-37-23(19-49-30)25(28(43)38-24-22(18-35-41-34)36-27(24)42)40-48-33(16-10-11-17-33)29(44)46-26(20-12-6-4-7-13-20)21-14-8-5-9-15-21/h4-9,12-15,19,22,24,26H,10-11,16-18H2,1-3H3,(H,36,42)(H,38,43)(H,37,39,45)/b40-25-/t22-,24+/m1/s1. The van der Waals surface area contributed by atoms with Crippen molar-refractivity contribution in [3.63, 3.8) is 0 Å². The average molecular weight is 689 g/mol. The van der Waals surface area contributed by atoms with E-state index in [0.29, 0.717) is 12.8 Å². The minimum atomic E-state index is -1.52. The van der Waals surface area contributed by atoms with Crippen molar-refractivity contribution in [2.75, 3.05) is 11.9 Å². The Morgan fingerprint density at radius 2 is 1.71 bits per heavy atom. The van der Waals surface area contributed by atoms with Gasteiger partial charge in [0.05, 0.1) is 6.04 Å². The number of β-lactam (4-membered cyclic amide) rings is 1. The van der Waals surface area contributed by atoms with Crippen LogP contribution in [0.2, 0.25) is 0 Å². The largest absolute Gasteiger partial charge is 0.450 e. The van der Waals surface area contributed by atoms with Gasteiger partial charge in [0.2, 0.25) is 11.5 Å². The zero-order valence-electron chi connectivity index (χ0n) is 27.1. The van der Waals surface area contributed by atoms with Crippen molar-refractivity contribution in [2.45, 2.75) is 75.8 Å². The van der Waals surface area contributed by atoms with Crippen molar-refractivity contribution in [3.8, 4) is 0 Å². The second-order valence-electron chi connectivity index (χ2n) is 12.5. The van der Waals surface area contributed by atoms with Gasteiger partial charge in [-0.25, -0.2) is 14.6 Å². The monoisotopic (exact) mass is 688 g/mol. The topological polar surface area (TPSA) is 206 Å². The van der Waals surface area contributed by atoms with Crippen molar-refractivity contribution in [3.05, 3.63) is 93.3 Å². The van der Waals surface area contributed by atoms with Crippen LogP contribution in [0, 0.1) is 0 Å². The molecule has 0 bridgehead atoms. The van der Waals surface area contributed by atoms with Gasteiger partial charge in [0.25, 0.3) is 5.91 Å². The first kappa shape index (κ1) is 34.9. The second-order valence-corrected chi connectivity index (χ2v) is 13.3. The van der Waals surface area contributed by atoms with Gasteiger partial charge in [-0.1, -0.05) is 70.9 Å². The summed E-state index contributed by atoms with van der Waals surface area (Å²) >= 11 is 1.00. The van der Waals surface area contributed by atoms with Gasteiger partial charge >= 0.3 is 12.1 Å². The molecule has 2 aromatic carbocycles. The summed E-state index contributed by atoms with van der Waals surface area (Å²) in [6, 6.07) is 17.0. The predicted octanol–water partition coefficient (Wildman–Crippen LogP) is 5.15. The summed E-state index contributed by atoms with van der Waals surface area (Å²) in [4.78, 5) is 65.4. The minimum Gasteiger partial charge on any atom is -0.450 e. The lowest BCUT2D eigenvalue weighted by molar-refractivity contribution is -0.176. The summed E-state index contributed by atoms with van der Waals surface area (Å²) < 4.78 is 11.4. The molecule has 2 heterocycles. The molecule has 1 saturated carbocycles. The minimum absolute atomic E-state index is 0.00727. The molecule has 16 heteroatoms. The van der Waals surface area contributed by atoms with Gasteiger partial charge in [-0.05, 0) is 50.3 Å². The number of thiazole rings is 1. The summed E-state index contributed by atoms with van der Waals surface area (Å²) in [5, 5.41) is 16.9. The fourth-order valence-electron chi connectivity index (χ4n) is 5.34. The van der Waals surface area contributed by atoms with E-state index in [1.807, 2.05) is 60.7 Å². The number of azide groups is 1. The number of esters is 1. The Morgan fingerprint density at radius 3 is 2.29 bits per heavy atom. The Bertz CT molecular complexity index is 1710. The molecule has 15 nitrogen and oxygen atoms in total. The van der Waals surface area contributed by atoms with Crippen molar-refractivity contribution in [2.24, 2.45) is 10.3 Å². The average Bonchev–Trinajstić information content (AvgIpc) is 3.75. The molecule has 1 aliphatic heterocycles. The molecule has 256 valence electrons. The molecule has 2 fully saturated rings. The number of carbonyl (C=O) groups is 4. The number of benzene rings is 2. The summed E-state index contributed by atoms with van der Waals surface area (Å²) in [6.45, 7) is 5.05. The molecule has 1 saturated heterocycles. The van der Waals surface area contributed by atoms with Gasteiger partial charge in [0.15, 0.2) is 16.9 Å². The van der Waals surface area contributed by atoms with Gasteiger partial charge in [-0.15, -0.1) is 11.3 Å². The number of aromatic nitrogens is 1. The van der Waals surface area contributed by atoms with Crippen LogP contribution in [-0.4, -0.2) is 64.4 Å². The molecular formula is C33H36N8O7S. The van der Waals surface area contributed by atoms with Crippen LogP contribution in [-0.2, 0) is 28.7 Å². The highest BCUT2D eigenvalue weighted by Crippen LogP contribution is 2.38. The van der Waals surface area contributed by atoms with Crippen LogP contribution in [0.4, 0.5) is 9.93 Å². The quantitative estimate of drug-likeness (QED) is 0.0440. The van der Waals surface area contributed by atoms with E-state index in [1.165, 1.54) is 5.38 Å². The number of carbonyl (C=O) groups excluding carboxylic acids is 4. The Kier molecular flexibility index (Phi) is 10.8. The number of ether oxygens (including phenoxy) is 2. The van der Waals surface area contributed by atoms with E-state index in [2.05, 4.69) is 36.1 Å². The van der Waals surface area contributed by atoms with Gasteiger partial charge in [-0.3, -0.25) is 14.9 Å². The van der Waals surface area contributed by atoms with Crippen LogP contribution in [0.25, 0.3) is 10.4 Å². The van der Waals surface area contributed by atoms with E-state index in [9.17, 15) is 19.2 Å². The molecule has 0 spiro atoms. The lowest BCUT2D eigenvalue weighted by Crippen LogP contribution is -2.70. The van der Waals surface area contributed by atoms with E-state index in [1.54, 1.807) is 20.8 Å². The lowest BCUT2D eigenvalue weighted by Gasteiger charge is -2.36. The molecule has 0 radical (unpaired) electrons. The number of rotatable bonds is 12. The fourth-order valence-corrected chi connectivity index (χ4v) is 6.02. The van der Waals surface area contributed by atoms with Crippen molar-refractivity contribution >= 4 is 46.1 Å². The smallest absolute Gasteiger partial charge is 0.413 e. The van der Waals surface area contributed by atoms with E-state index < -0.39 is 53.3 Å². The Labute approximate surface area is 286 Å². The van der Waals surface area contributed by atoms with Crippen LogP contribution < -0.4 is 16.0 Å². The van der Waals surface area contributed by atoms with E-state index in [4.69, 9.17) is 19.8 Å². The molecule has 3 N–H and O–H groups in total. The third-order valence-corrected chi connectivity index (χ3v) is 8.49. The molecule has 3 aromatic rings. The molecule has 1 aromatic heterocycles. The number of hydrogen-bond donors (Lipinski definition) is 3. The molecule has 1 aliphatic carbocycles. The number of nitrogens with zero attached hydrogens (tertiary/aromatic N) is 5. The van der Waals surface area contributed by atoms with Crippen LogP contribution in [0.1, 0.15) is 69.4 Å². The molecule has 2 atom stereocenters. The van der Waals surface area contributed by atoms with Gasteiger partial charge < -0.3 is 24.9 Å². The highest BCUT2D eigenvalue weighted by Gasteiger charge is 2.48. The van der Waals surface area contributed by atoms with E-state index >= 15 is 0 Å². The second kappa shape index (κ2) is 15.2. The normalized spacial score (nSPS) is 18.4. The first-order valence-electron chi connectivity index (χ1n) is 15.6. The predicted molar refractivity (Wildman–Crippen MR) is 179 cm³/mol. The Balaban J connectivity index is 1.43. The number of nitrogens with one attached hydrogen (secondary N) is 3. The molecular weight excluding hydrogens is 652 g/mol. The third-order valence-electron chi connectivity index (χ3n) is 7.73. The molecule has 49 heavy (non-hydrogen) atoms. The summed E-state index contributed by atoms with van der Waals surface area (Å²) in [7, 11) is 0. The van der Waals surface area contributed by atoms with Crippen LogP contribution >= 0.6 is 11.3 Å². The number of anilines is 1. The van der Waals surface area contributed by atoms with Gasteiger partial charge in [0.1, 0.15) is 17.3 Å². The zero-order chi connectivity index (χ0) is 35.0. The van der Waals surface area contributed by atoms with Crippen LogP contribution in [0.15, 0.2) is 76.3 Å². The highest BCUT2D eigenvalue weighted by molar-refractivity contribution is 7.14. The van der Waals surface area contributed by atoms with E-state index in [-0.39, 0.29) is 35.9 Å². The van der Waals surface area contributed by atoms with Crippen LogP contribution in [0.5, 0.6) is 0 Å². The van der Waals surface area contributed by atoms with Crippen LogP contribution in [0.3, 0.4) is 0 Å². The Morgan fingerprint density at radius 1 is 1.08 bits per heavy atom. The first-order valence-corrected chi connectivity index (χ1v) is 16.5. The number of amides is 3.